The smallest absolute Gasteiger partial charge is 0.261 e. The van der Waals surface area contributed by atoms with Gasteiger partial charge in [0.2, 0.25) is 5.89 Å². The van der Waals surface area contributed by atoms with Gasteiger partial charge in [-0.05, 0) is 52.4 Å². The van der Waals surface area contributed by atoms with Crippen LogP contribution in [0.2, 0.25) is 5.04 Å². The monoisotopic (exact) mass is 709 g/mol. The Kier molecular flexibility index (Phi) is 12.1. The van der Waals surface area contributed by atoms with Gasteiger partial charge in [0.1, 0.15) is 36.2 Å². The van der Waals surface area contributed by atoms with Gasteiger partial charge in [-0.1, -0.05) is 106 Å². The van der Waals surface area contributed by atoms with Crippen LogP contribution in [0.1, 0.15) is 82.5 Å². The first-order valence-corrected chi connectivity index (χ1v) is 19.9. The van der Waals surface area contributed by atoms with E-state index >= 15 is 0 Å². The van der Waals surface area contributed by atoms with Gasteiger partial charge in [-0.2, -0.15) is 0 Å². The van der Waals surface area contributed by atoms with E-state index in [0.29, 0.717) is 37.6 Å². The van der Waals surface area contributed by atoms with Gasteiger partial charge in [0, 0.05) is 25.9 Å². The van der Waals surface area contributed by atoms with E-state index in [2.05, 4.69) is 93.0 Å². The van der Waals surface area contributed by atoms with Crippen LogP contribution in [-0.2, 0) is 36.6 Å². The number of aromatic nitrogens is 1. The lowest BCUT2D eigenvalue weighted by molar-refractivity contribution is -0.141. The minimum Gasteiger partial charge on any atom is -0.497 e. The van der Waals surface area contributed by atoms with Crippen LogP contribution in [0.15, 0.2) is 108 Å². The van der Waals surface area contributed by atoms with E-state index in [1.807, 2.05) is 24.3 Å². The molecule has 4 atom stereocenters. The summed E-state index contributed by atoms with van der Waals surface area (Å²) in [5.74, 6) is 1.40. The molecule has 0 unspecified atom stereocenters. The van der Waals surface area contributed by atoms with Crippen molar-refractivity contribution in [2.24, 2.45) is 0 Å². The highest BCUT2D eigenvalue weighted by molar-refractivity contribution is 6.99. The average Bonchev–Trinajstić information content (AvgIpc) is 3.59. The molecule has 0 bridgehead atoms. The Labute approximate surface area is 303 Å². The number of hydrogen-bond acceptors (Lipinski definition) is 8. The Hall–Kier alpha value is -3.86. The second kappa shape index (κ2) is 16.6. The molecule has 270 valence electrons. The molecule has 0 spiro atoms. The summed E-state index contributed by atoms with van der Waals surface area (Å²) in [4.78, 5) is 17.5. The number of rotatable bonds is 14. The highest BCUT2D eigenvalue weighted by Crippen LogP contribution is 2.38. The number of oxazole rings is 1. The van der Waals surface area contributed by atoms with Crippen LogP contribution in [0.4, 0.5) is 0 Å². The van der Waals surface area contributed by atoms with Crippen molar-refractivity contribution in [3.05, 3.63) is 120 Å². The van der Waals surface area contributed by atoms with Gasteiger partial charge < -0.3 is 27.8 Å². The fourth-order valence-corrected chi connectivity index (χ4v) is 12.1. The van der Waals surface area contributed by atoms with E-state index in [-0.39, 0.29) is 42.2 Å². The molecule has 2 fully saturated rings. The number of carbonyl (C=O) groups is 1. The number of nitrogens with zero attached hydrogens (tertiary/aromatic N) is 1. The zero-order valence-electron chi connectivity index (χ0n) is 30.3. The van der Waals surface area contributed by atoms with Crippen molar-refractivity contribution >= 4 is 24.5 Å². The first-order chi connectivity index (χ1) is 24.6. The third-order valence-corrected chi connectivity index (χ3v) is 14.9. The van der Waals surface area contributed by atoms with E-state index in [4.69, 9.17) is 27.8 Å². The fourth-order valence-electron chi connectivity index (χ4n) is 7.51. The summed E-state index contributed by atoms with van der Waals surface area (Å²) in [5.41, 5.74) is 2.80. The molecule has 8 nitrogen and oxygen atoms in total. The number of carbonyl (C=O) groups excluding carboxylic acids is 1. The van der Waals surface area contributed by atoms with Crippen LogP contribution in [0, 0.1) is 0 Å². The lowest BCUT2D eigenvalue weighted by Gasteiger charge is -2.43. The number of methoxy groups -OCH3 is 1. The highest BCUT2D eigenvalue weighted by Gasteiger charge is 2.50. The van der Waals surface area contributed by atoms with Crippen molar-refractivity contribution in [3.8, 4) is 5.75 Å². The number of ether oxygens (including phenoxy) is 4. The lowest BCUT2D eigenvalue weighted by atomic mass is 9.91. The molecule has 2 saturated heterocycles. The van der Waals surface area contributed by atoms with Gasteiger partial charge in [-0.15, -0.1) is 0 Å². The summed E-state index contributed by atoms with van der Waals surface area (Å²) in [6.45, 7) is 12.5. The summed E-state index contributed by atoms with van der Waals surface area (Å²) < 4.78 is 37.0. The molecule has 4 aromatic rings. The average molecular weight is 710 g/mol. The molecule has 3 aromatic carbocycles. The SMILES string of the molecule is C=C1C[C@H](C[C@@H]2CC(=O)C[C@H](c3coc(COCc4ccc(OC)cc4)n3)O2)O[C@@H](CCO[Si](c2ccccc2)(c2ccccc2)C(C)(C)C)C1. The maximum atomic E-state index is 12.9. The third kappa shape index (κ3) is 9.14. The van der Waals surface area contributed by atoms with Gasteiger partial charge >= 0.3 is 0 Å². The molecule has 0 radical (unpaired) electrons. The second-order valence-corrected chi connectivity index (χ2v) is 19.1. The maximum Gasteiger partial charge on any atom is 0.261 e. The predicted octanol–water partition coefficient (Wildman–Crippen LogP) is 7.65. The van der Waals surface area contributed by atoms with E-state index in [9.17, 15) is 4.79 Å². The van der Waals surface area contributed by atoms with Crippen LogP contribution in [0.5, 0.6) is 5.75 Å². The molecule has 2 aliphatic heterocycles. The Balaban J connectivity index is 1.04. The number of ketones is 1. The van der Waals surface area contributed by atoms with E-state index in [1.165, 1.54) is 10.4 Å². The molecule has 1 aromatic heterocycles. The first-order valence-electron chi connectivity index (χ1n) is 18.0. The standard InChI is InChI=1S/C42H51NO7Si/c1-30-22-34(20-21-48-51(42(2,3)4,37-12-8-6-9-13-37)38-14-10-7-11-15-38)49-35(23-30)26-36-24-32(44)25-40(50-36)39-28-47-41(43-39)29-46-27-31-16-18-33(45-5)19-17-31/h6-19,28,34-36,40H,1,20-27,29H2,2-5H3/t34-,35+,36-,40+/m0/s1. The van der Waals surface area contributed by atoms with Crippen LogP contribution in [-0.4, -0.2) is 51.1 Å². The molecule has 9 heteroatoms. The zero-order valence-corrected chi connectivity index (χ0v) is 31.3. The summed E-state index contributed by atoms with van der Waals surface area (Å²) in [6.07, 6.45) is 4.31. The van der Waals surface area contributed by atoms with Crippen molar-refractivity contribution in [2.45, 2.75) is 102 Å². The van der Waals surface area contributed by atoms with Gasteiger partial charge in [-0.3, -0.25) is 4.79 Å². The summed E-state index contributed by atoms with van der Waals surface area (Å²) in [5, 5.41) is 2.44. The summed E-state index contributed by atoms with van der Waals surface area (Å²) in [7, 11) is -0.995. The Morgan fingerprint density at radius 1 is 0.824 bits per heavy atom. The first kappa shape index (κ1) is 36.9. The summed E-state index contributed by atoms with van der Waals surface area (Å²) in [6, 6.07) is 29.2. The molecule has 0 aliphatic carbocycles. The normalized spacial score (nSPS) is 21.5. The van der Waals surface area contributed by atoms with Crippen molar-refractivity contribution in [2.75, 3.05) is 13.7 Å². The molecular formula is C42H51NO7Si. The van der Waals surface area contributed by atoms with Gasteiger partial charge in [0.25, 0.3) is 8.32 Å². The lowest BCUT2D eigenvalue weighted by Crippen LogP contribution is -2.66. The molecule has 0 saturated carbocycles. The van der Waals surface area contributed by atoms with Crippen molar-refractivity contribution < 1.29 is 32.6 Å². The van der Waals surface area contributed by atoms with Crippen molar-refractivity contribution in [1.29, 1.82) is 0 Å². The van der Waals surface area contributed by atoms with Crippen molar-refractivity contribution in [3.63, 3.8) is 0 Å². The van der Waals surface area contributed by atoms with E-state index in [1.54, 1.807) is 13.4 Å². The molecule has 0 N–H and O–H groups in total. The molecule has 2 aliphatic rings. The van der Waals surface area contributed by atoms with Gasteiger partial charge in [0.05, 0.1) is 32.0 Å². The van der Waals surface area contributed by atoms with Crippen LogP contribution in [0.25, 0.3) is 0 Å². The zero-order chi connectivity index (χ0) is 35.8. The molecule has 0 amide bonds. The quantitative estimate of drug-likeness (QED) is 0.0975. The topological polar surface area (TPSA) is 89.3 Å². The van der Waals surface area contributed by atoms with E-state index in [0.717, 1.165) is 36.1 Å². The number of Topliss-reactive ketones (excluding diaryl/α,β-unsaturated/α-hetero) is 1. The van der Waals surface area contributed by atoms with Gasteiger partial charge in [0.15, 0.2) is 0 Å². The van der Waals surface area contributed by atoms with Crippen molar-refractivity contribution in [1.82, 2.24) is 4.98 Å². The van der Waals surface area contributed by atoms with E-state index < -0.39 is 14.4 Å². The fraction of sp³-hybridized carbons (Fsp3) is 0.429. The molecular weight excluding hydrogens is 659 g/mol. The molecule has 51 heavy (non-hydrogen) atoms. The minimum atomic E-state index is -2.64. The van der Waals surface area contributed by atoms with Gasteiger partial charge in [-0.25, -0.2) is 4.98 Å². The highest BCUT2D eigenvalue weighted by atomic mass is 28.4. The second-order valence-electron chi connectivity index (χ2n) is 14.8. The van der Waals surface area contributed by atoms with Crippen LogP contribution >= 0.6 is 0 Å². The minimum absolute atomic E-state index is 0.0134. The maximum absolute atomic E-state index is 12.9. The Morgan fingerprint density at radius 3 is 2.12 bits per heavy atom. The predicted molar refractivity (Wildman–Crippen MR) is 200 cm³/mol. The number of hydrogen-bond donors (Lipinski definition) is 0. The summed E-state index contributed by atoms with van der Waals surface area (Å²) >= 11 is 0. The van der Waals surface area contributed by atoms with Crippen LogP contribution < -0.4 is 15.1 Å². The Bertz CT molecular complexity index is 1680. The molecule has 6 rings (SSSR count). The number of benzene rings is 3. The van der Waals surface area contributed by atoms with Crippen LogP contribution in [0.3, 0.4) is 0 Å². The molecule has 3 heterocycles. The largest absolute Gasteiger partial charge is 0.497 e. The Morgan fingerprint density at radius 2 is 1.47 bits per heavy atom. The third-order valence-electron chi connectivity index (χ3n) is 9.90.